The quantitative estimate of drug-likeness (QED) is 0.434. The van der Waals surface area contributed by atoms with Gasteiger partial charge in [0, 0.05) is 29.9 Å². The highest BCUT2D eigenvalue weighted by Gasteiger charge is 2.15. The van der Waals surface area contributed by atoms with Crippen molar-refractivity contribution >= 4 is 23.2 Å². The van der Waals surface area contributed by atoms with Crippen molar-refractivity contribution in [3.63, 3.8) is 0 Å². The van der Waals surface area contributed by atoms with E-state index in [1.807, 2.05) is 0 Å². The molecule has 0 aliphatic carbocycles. The zero-order valence-electron chi connectivity index (χ0n) is 18.4. The summed E-state index contributed by atoms with van der Waals surface area (Å²) in [4.78, 5) is 29.8. The number of unbranched alkanes of at least 4 members (excludes halogenated alkanes) is 1. The smallest absolute Gasteiger partial charge is 0.354 e. The topological polar surface area (TPSA) is 98.4 Å². The van der Waals surface area contributed by atoms with Crippen molar-refractivity contribution in [3.8, 4) is 5.75 Å². The number of benzene rings is 2. The van der Waals surface area contributed by atoms with Gasteiger partial charge in [-0.25, -0.2) is 18.5 Å². The Kier molecular flexibility index (Phi) is 8.24. The maximum atomic E-state index is 14.4. The number of nitrogens with zero attached hydrogens (tertiary/aromatic N) is 3. The van der Waals surface area contributed by atoms with Gasteiger partial charge < -0.3 is 15.2 Å². The van der Waals surface area contributed by atoms with E-state index in [0.717, 1.165) is 10.1 Å². The summed E-state index contributed by atoms with van der Waals surface area (Å²) >= 11 is 5.96. The van der Waals surface area contributed by atoms with Gasteiger partial charge in [-0.05, 0) is 56.5 Å². The third-order valence-corrected chi connectivity index (χ3v) is 5.00. The van der Waals surface area contributed by atoms with Crippen LogP contribution in [-0.4, -0.2) is 31.9 Å². The van der Waals surface area contributed by atoms with Crippen molar-refractivity contribution < 1.29 is 14.2 Å². The molecule has 0 fully saturated rings. The van der Waals surface area contributed by atoms with Crippen LogP contribution >= 0.6 is 11.6 Å². The molecular weight excluding hydrogens is 451 g/mol. The standard InChI is InChI=1S/C23H26ClFN4O4/c1-15(2)33-20-10-9-18(13-19(20)25)26-21-27-22(31)28(11-3-4-12-30)23(32)29(21)14-16-5-7-17(24)8-6-16/h5-10,13,15,30H,3-4,11-12,14H2,1-2H3,(H,26,27,31). The largest absolute Gasteiger partial charge is 0.488 e. The fourth-order valence-electron chi connectivity index (χ4n) is 3.17. The number of aromatic nitrogens is 3. The minimum absolute atomic E-state index is 0.0183. The Balaban J connectivity index is 2.00. The number of halogens is 2. The Morgan fingerprint density at radius 3 is 2.48 bits per heavy atom. The fraction of sp³-hybridized carbons (Fsp3) is 0.348. The van der Waals surface area contributed by atoms with Crippen LogP contribution in [0.25, 0.3) is 0 Å². The van der Waals surface area contributed by atoms with E-state index in [-0.39, 0.29) is 37.5 Å². The normalized spacial score (nSPS) is 11.1. The van der Waals surface area contributed by atoms with Crippen LogP contribution < -0.4 is 21.4 Å². The molecule has 176 valence electrons. The Labute approximate surface area is 195 Å². The van der Waals surface area contributed by atoms with Crippen LogP contribution in [0.3, 0.4) is 0 Å². The van der Waals surface area contributed by atoms with Crippen LogP contribution in [-0.2, 0) is 13.1 Å². The Morgan fingerprint density at radius 1 is 1.12 bits per heavy atom. The molecule has 0 aliphatic rings. The predicted molar refractivity (Wildman–Crippen MR) is 125 cm³/mol. The molecule has 0 saturated carbocycles. The van der Waals surface area contributed by atoms with Crippen LogP contribution in [0.2, 0.25) is 5.02 Å². The molecule has 0 unspecified atom stereocenters. The number of anilines is 2. The second-order valence-corrected chi connectivity index (χ2v) is 8.17. The average Bonchev–Trinajstić information content (AvgIpc) is 2.76. The van der Waals surface area contributed by atoms with E-state index in [1.165, 1.54) is 16.7 Å². The summed E-state index contributed by atoms with van der Waals surface area (Å²) in [6.45, 7) is 3.79. The van der Waals surface area contributed by atoms with Gasteiger partial charge in [-0.15, -0.1) is 0 Å². The van der Waals surface area contributed by atoms with E-state index in [4.69, 9.17) is 21.4 Å². The Morgan fingerprint density at radius 2 is 1.85 bits per heavy atom. The summed E-state index contributed by atoms with van der Waals surface area (Å²) in [6, 6.07) is 11.2. The molecule has 0 saturated heterocycles. The van der Waals surface area contributed by atoms with Gasteiger partial charge in [-0.3, -0.25) is 4.57 Å². The lowest BCUT2D eigenvalue weighted by molar-refractivity contribution is 0.231. The van der Waals surface area contributed by atoms with E-state index in [1.54, 1.807) is 44.2 Å². The predicted octanol–water partition coefficient (Wildman–Crippen LogP) is 3.55. The first-order valence-electron chi connectivity index (χ1n) is 10.6. The molecule has 1 aromatic heterocycles. The molecule has 3 aromatic rings. The molecule has 3 rings (SSSR count). The van der Waals surface area contributed by atoms with Crippen molar-refractivity contribution in [1.82, 2.24) is 14.1 Å². The molecular formula is C23H26ClFN4O4. The van der Waals surface area contributed by atoms with Gasteiger partial charge in [-0.1, -0.05) is 23.7 Å². The molecule has 0 aliphatic heterocycles. The zero-order chi connectivity index (χ0) is 24.0. The molecule has 1 heterocycles. The monoisotopic (exact) mass is 476 g/mol. The van der Waals surface area contributed by atoms with Crippen molar-refractivity contribution in [2.24, 2.45) is 0 Å². The van der Waals surface area contributed by atoms with Crippen LogP contribution in [0.1, 0.15) is 32.3 Å². The van der Waals surface area contributed by atoms with Crippen molar-refractivity contribution in [3.05, 3.63) is 79.8 Å². The fourth-order valence-corrected chi connectivity index (χ4v) is 3.30. The zero-order valence-corrected chi connectivity index (χ0v) is 19.2. The van der Waals surface area contributed by atoms with Crippen LogP contribution in [0.15, 0.2) is 52.1 Å². The maximum Gasteiger partial charge on any atom is 0.354 e. The molecule has 8 nitrogen and oxygen atoms in total. The van der Waals surface area contributed by atoms with Crippen LogP contribution in [0.5, 0.6) is 5.75 Å². The lowest BCUT2D eigenvalue weighted by Gasteiger charge is -2.16. The first kappa shape index (κ1) is 24.5. The molecule has 0 atom stereocenters. The van der Waals surface area contributed by atoms with E-state index < -0.39 is 17.2 Å². The maximum absolute atomic E-state index is 14.4. The van der Waals surface area contributed by atoms with Gasteiger partial charge in [0.1, 0.15) is 0 Å². The second-order valence-electron chi connectivity index (χ2n) is 7.73. The third-order valence-electron chi connectivity index (χ3n) is 4.74. The first-order chi connectivity index (χ1) is 15.8. The van der Waals surface area contributed by atoms with Gasteiger partial charge in [-0.2, -0.15) is 4.98 Å². The second kappa shape index (κ2) is 11.1. The molecule has 10 heteroatoms. The highest BCUT2D eigenvalue weighted by atomic mass is 35.5. The van der Waals surface area contributed by atoms with Gasteiger partial charge in [0.25, 0.3) is 0 Å². The number of rotatable bonds is 10. The van der Waals surface area contributed by atoms with E-state index in [0.29, 0.717) is 23.6 Å². The van der Waals surface area contributed by atoms with Crippen LogP contribution in [0, 0.1) is 5.82 Å². The molecule has 2 N–H and O–H groups in total. The van der Waals surface area contributed by atoms with Crippen molar-refractivity contribution in [1.29, 1.82) is 0 Å². The molecule has 33 heavy (non-hydrogen) atoms. The third kappa shape index (κ3) is 6.43. The molecule has 0 amide bonds. The van der Waals surface area contributed by atoms with E-state index in [2.05, 4.69) is 10.3 Å². The number of hydrogen-bond donors (Lipinski definition) is 2. The van der Waals surface area contributed by atoms with Gasteiger partial charge in [0.2, 0.25) is 5.95 Å². The van der Waals surface area contributed by atoms with Crippen molar-refractivity contribution in [2.75, 3.05) is 11.9 Å². The molecule has 0 bridgehead atoms. The lowest BCUT2D eigenvalue weighted by atomic mass is 10.2. The minimum atomic E-state index is -0.729. The number of aliphatic hydroxyl groups is 1. The molecule has 2 aromatic carbocycles. The summed E-state index contributed by atoms with van der Waals surface area (Å²) in [5.74, 6) is -0.505. The molecule has 0 radical (unpaired) electrons. The van der Waals surface area contributed by atoms with Crippen LogP contribution in [0.4, 0.5) is 16.0 Å². The minimum Gasteiger partial charge on any atom is -0.488 e. The van der Waals surface area contributed by atoms with E-state index >= 15 is 0 Å². The number of nitrogens with one attached hydrogen (secondary N) is 1. The van der Waals surface area contributed by atoms with Gasteiger partial charge in [0.15, 0.2) is 11.6 Å². The summed E-state index contributed by atoms with van der Waals surface area (Å²) in [5, 5.41) is 12.4. The Hall–Kier alpha value is -3.17. The van der Waals surface area contributed by atoms with Gasteiger partial charge >= 0.3 is 11.4 Å². The lowest BCUT2D eigenvalue weighted by Crippen LogP contribution is -2.42. The summed E-state index contributed by atoms with van der Waals surface area (Å²) in [6.07, 6.45) is 0.708. The Bertz CT molecular complexity index is 1210. The SMILES string of the molecule is CC(C)Oc1ccc(Nc2nc(=O)n(CCCCO)c(=O)n2Cc2ccc(Cl)cc2)cc1F. The average molecular weight is 477 g/mol. The highest BCUT2D eigenvalue weighted by molar-refractivity contribution is 6.30. The summed E-state index contributed by atoms with van der Waals surface area (Å²) in [7, 11) is 0. The van der Waals surface area contributed by atoms with E-state index in [9.17, 15) is 14.0 Å². The molecule has 0 spiro atoms. The number of hydrogen-bond acceptors (Lipinski definition) is 6. The number of ether oxygens (including phenoxy) is 1. The summed E-state index contributed by atoms with van der Waals surface area (Å²) < 4.78 is 22.2. The van der Waals surface area contributed by atoms with Crippen molar-refractivity contribution in [2.45, 2.75) is 45.9 Å². The number of aliphatic hydroxyl groups excluding tert-OH is 1. The van der Waals surface area contributed by atoms with Gasteiger partial charge in [0.05, 0.1) is 12.6 Å². The highest BCUT2D eigenvalue weighted by Crippen LogP contribution is 2.24. The summed E-state index contributed by atoms with van der Waals surface area (Å²) in [5.41, 5.74) is -0.227. The first-order valence-corrected chi connectivity index (χ1v) is 11.0.